The molecule has 2 fully saturated rings. The normalized spacial score (nSPS) is 23.6. The Bertz CT molecular complexity index is 3260. The summed E-state index contributed by atoms with van der Waals surface area (Å²) in [7, 11) is 5.34. The number of fused-ring (bicyclic) bond motifs is 2. The van der Waals surface area contributed by atoms with Crippen LogP contribution in [0.2, 0.25) is 25.7 Å². The first-order valence-electron chi connectivity index (χ1n) is 26.1. The average molecular weight is 1280 g/mol. The van der Waals surface area contributed by atoms with E-state index in [1.807, 2.05) is 24.3 Å². The van der Waals surface area contributed by atoms with Crippen LogP contribution >= 0.6 is 46.1 Å². The third kappa shape index (κ3) is 15.2. The van der Waals surface area contributed by atoms with Gasteiger partial charge in [0.2, 0.25) is 11.8 Å². The number of amides is 3. The molecule has 3 amide bonds. The second kappa shape index (κ2) is 25.3. The summed E-state index contributed by atoms with van der Waals surface area (Å²) in [4.78, 5) is 57.1. The van der Waals surface area contributed by atoms with Gasteiger partial charge in [-0.25, -0.2) is 32.1 Å². The number of amidine groups is 2. The van der Waals surface area contributed by atoms with Crippen LogP contribution in [0, 0.1) is 46.0 Å². The lowest BCUT2D eigenvalue weighted by atomic mass is 9.84. The minimum atomic E-state index is -1.39. The van der Waals surface area contributed by atoms with Crippen molar-refractivity contribution < 1.29 is 41.4 Å². The highest BCUT2D eigenvalue weighted by Crippen LogP contribution is 2.68. The smallest absolute Gasteiger partial charge is 0.418 e. The van der Waals surface area contributed by atoms with Crippen molar-refractivity contribution in [3.05, 3.63) is 151 Å². The van der Waals surface area contributed by atoms with E-state index in [4.69, 9.17) is 33.2 Å². The lowest BCUT2D eigenvalue weighted by Gasteiger charge is -2.38. The topological polar surface area (TPSA) is 134 Å². The molecule has 0 spiro atoms. The summed E-state index contributed by atoms with van der Waals surface area (Å²) in [6.45, 7) is 24.2. The van der Waals surface area contributed by atoms with E-state index in [0.29, 0.717) is 41.8 Å². The van der Waals surface area contributed by atoms with Crippen molar-refractivity contribution in [1.29, 1.82) is 0 Å². The van der Waals surface area contributed by atoms with Crippen LogP contribution in [0.25, 0.3) is 22.8 Å². The summed E-state index contributed by atoms with van der Waals surface area (Å²) in [6, 6.07) is 23.6. The molecular formula is C61H70F4IN7O5S2Si. The largest absolute Gasteiger partial charge is 0.443 e. The number of carbonyl (C=O) groups excluding carboxylic acids is 3. The van der Waals surface area contributed by atoms with E-state index in [9.17, 15) is 27.6 Å². The molecule has 81 heavy (non-hydrogen) atoms. The molecule has 2 saturated carbocycles. The molecule has 4 aliphatic rings. The lowest BCUT2D eigenvalue weighted by molar-refractivity contribution is -0.130. The Morgan fingerprint density at radius 2 is 1.35 bits per heavy atom. The Morgan fingerprint density at radius 3 is 1.81 bits per heavy atom. The number of hydrogen-bond donors (Lipinski definition) is 1. The molecule has 20 heteroatoms. The van der Waals surface area contributed by atoms with Gasteiger partial charge in [-0.1, -0.05) is 85.5 Å². The molecule has 0 radical (unpaired) electrons. The first kappa shape index (κ1) is 64.3. The zero-order chi connectivity index (χ0) is 60.2. The van der Waals surface area contributed by atoms with Gasteiger partial charge in [-0.15, -0.1) is 6.42 Å². The Morgan fingerprint density at radius 1 is 0.840 bits per heavy atom. The minimum absolute atomic E-state index is 0.0676. The number of thioether (sulfide) groups is 2. The van der Waals surface area contributed by atoms with Crippen LogP contribution in [0.5, 0.6) is 0 Å². The molecule has 430 valence electrons. The van der Waals surface area contributed by atoms with Gasteiger partial charge in [0.25, 0.3) is 0 Å². The quantitative estimate of drug-likeness (QED) is 0.0217. The van der Waals surface area contributed by atoms with E-state index in [2.05, 4.69) is 58.0 Å². The second-order valence-corrected chi connectivity index (χ2v) is 32.8. The van der Waals surface area contributed by atoms with E-state index in [0.717, 1.165) is 11.6 Å². The average Bonchev–Trinajstić information content (AvgIpc) is 3.67. The highest BCUT2D eigenvalue weighted by molar-refractivity contribution is 14.1. The number of halogens is 5. The summed E-state index contributed by atoms with van der Waals surface area (Å²) >= 11 is 4.69. The first-order chi connectivity index (χ1) is 37.7. The van der Waals surface area contributed by atoms with Gasteiger partial charge >= 0.3 is 6.09 Å². The van der Waals surface area contributed by atoms with E-state index >= 15 is 4.39 Å². The maximum absolute atomic E-state index is 15.5. The number of allylic oxidation sites excluding steroid dienone is 1. The van der Waals surface area contributed by atoms with Crippen LogP contribution in [-0.2, 0) is 30.1 Å². The van der Waals surface area contributed by atoms with Crippen LogP contribution < -0.4 is 5.73 Å². The molecule has 0 bridgehead atoms. The Labute approximate surface area is 497 Å². The first-order valence-corrected chi connectivity index (χ1v) is 32.5. The van der Waals surface area contributed by atoms with Gasteiger partial charge in [0.1, 0.15) is 39.3 Å². The van der Waals surface area contributed by atoms with E-state index in [1.54, 1.807) is 87.1 Å². The SMILES string of the molecule is C#Cc1ccc(I)cc1.C/C(F)=C/c1ccc(F)c([C@@]2(C)N=C(N(COCC[Si](C)(C)C)C(=O)OC(C)(C)C)S[C@@]3(C(=O)N(C)C)C[C@H]32)c1.[C-]#[N+]c1ccc(/C(F)=C/c2ccc(F)c([C@@]3(C)N=C(N)S[C@@]4(C(=O)N(C)C)C[C@H]43)c2)cc1. The van der Waals surface area contributed by atoms with Crippen molar-refractivity contribution in [3.63, 3.8) is 0 Å². The number of carbonyl (C=O) groups is 3. The van der Waals surface area contributed by atoms with E-state index < -0.39 is 63.6 Å². The van der Waals surface area contributed by atoms with Crippen LogP contribution in [0.15, 0.2) is 101 Å². The van der Waals surface area contributed by atoms with Gasteiger partial charge in [0.15, 0.2) is 16.0 Å². The summed E-state index contributed by atoms with van der Waals surface area (Å²) in [5.74, 6) is -0.124. The molecule has 4 aromatic carbocycles. The number of ether oxygens (including phenoxy) is 2. The molecule has 0 saturated heterocycles. The highest BCUT2D eigenvalue weighted by Gasteiger charge is 2.72. The predicted molar refractivity (Wildman–Crippen MR) is 331 cm³/mol. The maximum atomic E-state index is 15.5. The van der Waals surface area contributed by atoms with Gasteiger partial charge in [-0.05, 0) is 155 Å². The van der Waals surface area contributed by atoms with Gasteiger partial charge in [0, 0.05) is 80.5 Å². The zero-order valence-corrected chi connectivity index (χ0v) is 52.8. The van der Waals surface area contributed by atoms with E-state index in [1.165, 1.54) is 97.3 Å². The molecule has 4 aromatic rings. The highest BCUT2D eigenvalue weighted by atomic mass is 127. The minimum Gasteiger partial charge on any atom is -0.443 e. The molecule has 0 unspecified atom stereocenters. The zero-order valence-electron chi connectivity index (χ0n) is 48.0. The van der Waals surface area contributed by atoms with Gasteiger partial charge in [0.05, 0.1) is 23.5 Å². The standard InChI is InChI=1S/C29H43F2N3O4SSi.C24H22F2N4OS.C8H5I/c1-19(30)15-20-11-12-22(31)21(16-20)28(5)23-17-29(23,24(35)33(6)7)39-25(32-28)34(26(36)38-27(2,3)4)18-37-13-14-40(8,9)10;1-23(20-13-24(20,21(31)30(3)4)32-22(27)29-23)17-11-14(5-10-18(17)25)12-19(26)15-6-8-16(28-2)9-7-15;1-2-7-3-5-8(9)6-4-7/h11-12,15-16,23H,13-14,17-18H2,1-10H3;5-12,20H,13H2,1,3-4H3,(H2,27,29);1,3-6H/b19-15-;19-12-;/t23-,28+,29-;20-,23+,24-;/m00./s1. The van der Waals surface area contributed by atoms with Crippen molar-refractivity contribution in [2.75, 3.05) is 41.5 Å². The number of rotatable bonds is 12. The number of hydrogen-bond acceptors (Lipinski definition) is 10. The fourth-order valence-electron chi connectivity index (χ4n) is 9.71. The number of terminal acetylenes is 1. The van der Waals surface area contributed by atoms with Gasteiger partial charge in [-0.2, -0.15) is 0 Å². The summed E-state index contributed by atoms with van der Waals surface area (Å²) < 4.78 is 70.2. The Kier molecular flexibility index (Phi) is 20.1. The predicted octanol–water partition coefficient (Wildman–Crippen LogP) is 14.1. The van der Waals surface area contributed by atoms with Gasteiger partial charge < -0.3 is 25.0 Å². The Balaban J connectivity index is 0.000000229. The third-order valence-corrected chi connectivity index (χ3v) is 19.2. The Hall–Kier alpha value is -5.91. The molecular weight excluding hydrogens is 1210 g/mol. The van der Waals surface area contributed by atoms with Crippen LogP contribution in [0.4, 0.5) is 28.0 Å². The van der Waals surface area contributed by atoms with Crippen molar-refractivity contribution in [1.82, 2.24) is 14.7 Å². The summed E-state index contributed by atoms with van der Waals surface area (Å²) in [5, 5.41) is 0.471. The number of nitrogens with zero attached hydrogens (tertiary/aromatic N) is 6. The second-order valence-electron chi connectivity index (χ2n) is 23.3. The molecule has 2 aliphatic heterocycles. The molecule has 8 rings (SSSR count). The molecule has 12 nitrogen and oxygen atoms in total. The van der Waals surface area contributed by atoms with Crippen molar-refractivity contribution >= 4 is 106 Å². The van der Waals surface area contributed by atoms with E-state index in [-0.39, 0.29) is 51.8 Å². The van der Waals surface area contributed by atoms with Crippen molar-refractivity contribution in [2.24, 2.45) is 27.6 Å². The van der Waals surface area contributed by atoms with Crippen molar-refractivity contribution in [3.8, 4) is 12.3 Å². The van der Waals surface area contributed by atoms with Crippen molar-refractivity contribution in [2.45, 2.75) is 106 Å². The molecule has 2 N–H and O–H groups in total. The third-order valence-electron chi connectivity index (χ3n) is 14.0. The molecule has 6 atom stereocenters. The van der Waals surface area contributed by atoms with Gasteiger partial charge in [-0.3, -0.25) is 19.6 Å². The lowest BCUT2D eigenvalue weighted by Crippen LogP contribution is -2.48. The molecule has 2 heterocycles. The monoisotopic (exact) mass is 1280 g/mol. The summed E-state index contributed by atoms with van der Waals surface area (Å²) in [5.41, 5.74) is 6.21. The molecule has 0 aromatic heterocycles. The molecule has 2 aliphatic carbocycles. The van der Waals surface area contributed by atoms with Crippen LogP contribution in [0.1, 0.15) is 87.8 Å². The number of benzene rings is 4. The van der Waals surface area contributed by atoms with Crippen LogP contribution in [0.3, 0.4) is 0 Å². The number of nitrogens with two attached hydrogens (primary N) is 1. The fourth-order valence-corrected chi connectivity index (χ4v) is 14.0. The maximum Gasteiger partial charge on any atom is 0.418 e. The summed E-state index contributed by atoms with van der Waals surface area (Å²) in [6.07, 6.45) is 8.10. The fraction of sp³-hybridized carbons (Fsp3) is 0.410. The number of aliphatic imine (C=N–C) groups is 2. The van der Waals surface area contributed by atoms with Crippen LogP contribution in [-0.4, -0.2) is 108 Å².